The van der Waals surface area contributed by atoms with Crippen LogP contribution in [0.1, 0.15) is 22.3 Å². The highest BCUT2D eigenvalue weighted by Crippen LogP contribution is 2.33. The fraction of sp³-hybridized carbons (Fsp3) is 0.294. The summed E-state index contributed by atoms with van der Waals surface area (Å²) in [7, 11) is 0. The Morgan fingerprint density at radius 3 is 2.79 bits per heavy atom. The van der Waals surface area contributed by atoms with Crippen LogP contribution in [0.25, 0.3) is 11.1 Å². The summed E-state index contributed by atoms with van der Waals surface area (Å²) in [6.07, 6.45) is 0.970. The summed E-state index contributed by atoms with van der Waals surface area (Å²) in [5.41, 5.74) is 6.42. The lowest BCUT2D eigenvalue weighted by atomic mass is 9.89. The molecular formula is C17H18FN. The predicted octanol–water partition coefficient (Wildman–Crippen LogP) is 3.76. The Morgan fingerprint density at radius 2 is 2.00 bits per heavy atom. The normalized spacial score (nSPS) is 14.3. The van der Waals surface area contributed by atoms with Crippen molar-refractivity contribution >= 4 is 0 Å². The van der Waals surface area contributed by atoms with E-state index in [-0.39, 0.29) is 5.82 Å². The number of nitrogens with one attached hydrogen (secondary N) is 1. The molecule has 0 unspecified atom stereocenters. The molecule has 0 aliphatic carbocycles. The molecule has 0 saturated heterocycles. The molecule has 1 N–H and O–H groups in total. The standard InChI is InChI=1S/C17H18FN/c1-11-8-12(2)17(16(18)9-11)15-5-3-4-13-10-19-7-6-14(13)15/h3-5,8-9,19H,6-7,10H2,1-2H3. The van der Waals surface area contributed by atoms with Gasteiger partial charge < -0.3 is 5.32 Å². The summed E-state index contributed by atoms with van der Waals surface area (Å²) < 4.78 is 14.4. The molecule has 1 nitrogen and oxygen atoms in total. The van der Waals surface area contributed by atoms with Gasteiger partial charge in [0.15, 0.2) is 0 Å². The maximum Gasteiger partial charge on any atom is 0.131 e. The molecule has 0 atom stereocenters. The molecule has 0 amide bonds. The van der Waals surface area contributed by atoms with Crippen LogP contribution < -0.4 is 5.32 Å². The maximum absolute atomic E-state index is 14.4. The third-order valence-electron chi connectivity index (χ3n) is 3.84. The van der Waals surface area contributed by atoms with E-state index in [4.69, 9.17) is 0 Å². The van der Waals surface area contributed by atoms with Crippen molar-refractivity contribution in [2.24, 2.45) is 0 Å². The van der Waals surface area contributed by atoms with Crippen LogP contribution in [-0.4, -0.2) is 6.54 Å². The number of rotatable bonds is 1. The van der Waals surface area contributed by atoms with Gasteiger partial charge in [0.05, 0.1) is 0 Å². The van der Waals surface area contributed by atoms with Crippen LogP contribution >= 0.6 is 0 Å². The topological polar surface area (TPSA) is 12.0 Å². The van der Waals surface area contributed by atoms with E-state index in [1.165, 1.54) is 11.1 Å². The average molecular weight is 255 g/mol. The van der Waals surface area contributed by atoms with Crippen molar-refractivity contribution in [1.82, 2.24) is 5.32 Å². The van der Waals surface area contributed by atoms with Crippen LogP contribution in [0.15, 0.2) is 30.3 Å². The zero-order valence-electron chi connectivity index (χ0n) is 11.4. The van der Waals surface area contributed by atoms with Crippen molar-refractivity contribution in [1.29, 1.82) is 0 Å². The number of benzene rings is 2. The van der Waals surface area contributed by atoms with E-state index < -0.39 is 0 Å². The number of hydrogen-bond donors (Lipinski definition) is 1. The fourth-order valence-electron chi connectivity index (χ4n) is 3.02. The SMILES string of the molecule is Cc1cc(C)c(-c2cccc3c2CCNC3)c(F)c1. The van der Waals surface area contributed by atoms with Gasteiger partial charge >= 0.3 is 0 Å². The lowest BCUT2D eigenvalue weighted by Gasteiger charge is -2.21. The van der Waals surface area contributed by atoms with E-state index in [0.717, 1.165) is 41.8 Å². The zero-order chi connectivity index (χ0) is 13.4. The minimum atomic E-state index is -0.107. The van der Waals surface area contributed by atoms with Gasteiger partial charge in [-0.25, -0.2) is 4.39 Å². The Labute approximate surface area is 113 Å². The lowest BCUT2D eigenvalue weighted by Crippen LogP contribution is -2.24. The molecule has 0 saturated carbocycles. The number of hydrogen-bond acceptors (Lipinski definition) is 1. The molecule has 1 aliphatic rings. The average Bonchev–Trinajstić information content (AvgIpc) is 2.38. The highest BCUT2D eigenvalue weighted by molar-refractivity contribution is 5.73. The molecule has 3 rings (SSSR count). The van der Waals surface area contributed by atoms with Gasteiger partial charge in [0.25, 0.3) is 0 Å². The van der Waals surface area contributed by atoms with Crippen LogP contribution in [0, 0.1) is 19.7 Å². The summed E-state index contributed by atoms with van der Waals surface area (Å²) in [5, 5.41) is 3.36. The molecule has 0 bridgehead atoms. The molecule has 1 aliphatic heterocycles. The van der Waals surface area contributed by atoms with Crippen molar-refractivity contribution in [3.63, 3.8) is 0 Å². The highest BCUT2D eigenvalue weighted by atomic mass is 19.1. The van der Waals surface area contributed by atoms with E-state index in [1.54, 1.807) is 6.07 Å². The molecule has 2 heteroatoms. The maximum atomic E-state index is 14.4. The Hall–Kier alpha value is -1.67. The summed E-state index contributed by atoms with van der Waals surface area (Å²) in [6.45, 7) is 5.78. The van der Waals surface area contributed by atoms with Gasteiger partial charge in [-0.3, -0.25) is 0 Å². The summed E-state index contributed by atoms with van der Waals surface area (Å²) in [5.74, 6) is -0.107. The third kappa shape index (κ3) is 2.17. The van der Waals surface area contributed by atoms with Gasteiger partial charge in [-0.2, -0.15) is 0 Å². The van der Waals surface area contributed by atoms with Crippen molar-refractivity contribution in [2.45, 2.75) is 26.8 Å². The molecule has 0 aromatic heterocycles. The fourth-order valence-corrected chi connectivity index (χ4v) is 3.02. The molecule has 2 aromatic rings. The van der Waals surface area contributed by atoms with Gasteiger partial charge in [0.1, 0.15) is 5.82 Å². The summed E-state index contributed by atoms with van der Waals surface area (Å²) in [6, 6.07) is 9.89. The second-order valence-corrected chi connectivity index (χ2v) is 5.31. The van der Waals surface area contributed by atoms with Crippen LogP contribution in [0.5, 0.6) is 0 Å². The van der Waals surface area contributed by atoms with Gasteiger partial charge in [0.2, 0.25) is 0 Å². The first kappa shape index (κ1) is 12.4. The van der Waals surface area contributed by atoms with Crippen LogP contribution in [0.3, 0.4) is 0 Å². The molecule has 0 radical (unpaired) electrons. The Morgan fingerprint density at radius 1 is 1.16 bits per heavy atom. The van der Waals surface area contributed by atoms with E-state index in [1.807, 2.05) is 26.0 Å². The second-order valence-electron chi connectivity index (χ2n) is 5.31. The number of halogens is 1. The Kier molecular flexibility index (Phi) is 3.11. The first-order chi connectivity index (χ1) is 9.16. The summed E-state index contributed by atoms with van der Waals surface area (Å²) >= 11 is 0. The Balaban J connectivity index is 2.23. The van der Waals surface area contributed by atoms with Gasteiger partial charge in [-0.1, -0.05) is 24.3 Å². The minimum Gasteiger partial charge on any atom is -0.312 e. The largest absolute Gasteiger partial charge is 0.312 e. The summed E-state index contributed by atoms with van der Waals surface area (Å²) in [4.78, 5) is 0. The monoisotopic (exact) mass is 255 g/mol. The van der Waals surface area contributed by atoms with Crippen LogP contribution in [0.2, 0.25) is 0 Å². The van der Waals surface area contributed by atoms with Crippen LogP contribution in [0.4, 0.5) is 4.39 Å². The van der Waals surface area contributed by atoms with Gasteiger partial charge in [0, 0.05) is 12.1 Å². The molecular weight excluding hydrogens is 237 g/mol. The number of fused-ring (bicyclic) bond motifs is 1. The highest BCUT2D eigenvalue weighted by Gasteiger charge is 2.17. The van der Waals surface area contributed by atoms with Gasteiger partial charge in [-0.05, 0) is 60.7 Å². The first-order valence-corrected chi connectivity index (χ1v) is 6.75. The van der Waals surface area contributed by atoms with Crippen molar-refractivity contribution in [3.05, 3.63) is 58.4 Å². The van der Waals surface area contributed by atoms with E-state index in [0.29, 0.717) is 0 Å². The zero-order valence-corrected chi connectivity index (χ0v) is 11.4. The van der Waals surface area contributed by atoms with E-state index in [9.17, 15) is 4.39 Å². The third-order valence-corrected chi connectivity index (χ3v) is 3.84. The minimum absolute atomic E-state index is 0.107. The molecule has 0 spiro atoms. The van der Waals surface area contributed by atoms with Crippen molar-refractivity contribution < 1.29 is 4.39 Å². The molecule has 2 aromatic carbocycles. The molecule has 19 heavy (non-hydrogen) atoms. The first-order valence-electron chi connectivity index (χ1n) is 6.75. The smallest absolute Gasteiger partial charge is 0.131 e. The number of aryl methyl sites for hydroxylation is 2. The molecule has 98 valence electrons. The van der Waals surface area contributed by atoms with E-state index in [2.05, 4.69) is 17.4 Å². The molecule has 1 heterocycles. The second kappa shape index (κ2) is 4.78. The van der Waals surface area contributed by atoms with Crippen molar-refractivity contribution in [3.8, 4) is 11.1 Å². The predicted molar refractivity (Wildman–Crippen MR) is 76.7 cm³/mol. The van der Waals surface area contributed by atoms with E-state index >= 15 is 0 Å². The van der Waals surface area contributed by atoms with Gasteiger partial charge in [-0.15, -0.1) is 0 Å². The quantitative estimate of drug-likeness (QED) is 0.818. The van der Waals surface area contributed by atoms with Crippen LogP contribution in [-0.2, 0) is 13.0 Å². The molecule has 0 fully saturated rings. The Bertz CT molecular complexity index is 608. The van der Waals surface area contributed by atoms with Crippen molar-refractivity contribution in [2.75, 3.05) is 6.54 Å². The lowest BCUT2D eigenvalue weighted by molar-refractivity contribution is 0.625.